The summed E-state index contributed by atoms with van der Waals surface area (Å²) in [6.07, 6.45) is 3.48. The van der Waals surface area contributed by atoms with Gasteiger partial charge in [0.25, 0.3) is 11.5 Å². The number of nitrogens with zero attached hydrogens (tertiary/aromatic N) is 4. The Morgan fingerprint density at radius 2 is 1.97 bits per heavy atom. The third-order valence-corrected chi connectivity index (χ3v) is 6.46. The van der Waals surface area contributed by atoms with Gasteiger partial charge < -0.3 is 13.9 Å². The van der Waals surface area contributed by atoms with Crippen LogP contribution in [0.3, 0.4) is 0 Å². The number of methoxy groups -OCH3 is 1. The second kappa shape index (κ2) is 11.4. The molecule has 0 aliphatic heterocycles. The van der Waals surface area contributed by atoms with Gasteiger partial charge in [0.05, 0.1) is 12.8 Å². The van der Waals surface area contributed by atoms with Crippen LogP contribution in [0.4, 0.5) is 0 Å². The van der Waals surface area contributed by atoms with E-state index in [2.05, 4.69) is 10.5 Å². The van der Waals surface area contributed by atoms with Crippen molar-refractivity contribution in [1.29, 1.82) is 5.26 Å². The molecule has 8 nitrogen and oxygen atoms in total. The zero-order valence-electron chi connectivity index (χ0n) is 20.2. The summed E-state index contributed by atoms with van der Waals surface area (Å²) < 4.78 is 8.34. The Labute approximate surface area is 223 Å². The van der Waals surface area contributed by atoms with Crippen LogP contribution in [0.15, 0.2) is 64.6 Å². The summed E-state index contributed by atoms with van der Waals surface area (Å²) in [4.78, 5) is 25.3. The first-order chi connectivity index (χ1) is 17.8. The van der Waals surface area contributed by atoms with Crippen molar-refractivity contribution in [2.24, 2.45) is 5.10 Å². The smallest absolute Gasteiger partial charge is 0.269 e. The molecular weight excluding hydrogens is 513 g/mol. The van der Waals surface area contributed by atoms with Gasteiger partial charge in [-0.1, -0.05) is 47.5 Å². The van der Waals surface area contributed by atoms with Crippen molar-refractivity contribution in [1.82, 2.24) is 14.6 Å². The number of fused-ring (bicyclic) bond motifs is 1. The Balaban J connectivity index is 1.53. The molecule has 0 aliphatic rings. The molecule has 10 heteroatoms. The SMILES string of the molecule is COCc1cc(C)n(CC(=O)N/N=C/c2cn(Cc3ccc(Cl)cc3Cl)c3ccccc23)c(=O)c1C#N. The molecule has 0 atom stereocenters. The summed E-state index contributed by atoms with van der Waals surface area (Å²) in [5, 5.41) is 15.6. The Bertz CT molecular complexity index is 1620. The lowest BCUT2D eigenvalue weighted by Gasteiger charge is -2.12. The number of ether oxygens (including phenoxy) is 1. The van der Waals surface area contributed by atoms with Crippen LogP contribution < -0.4 is 11.0 Å². The molecule has 0 saturated carbocycles. The summed E-state index contributed by atoms with van der Waals surface area (Å²) in [6.45, 7) is 2.08. The molecule has 0 fully saturated rings. The van der Waals surface area contributed by atoms with E-state index in [1.165, 1.54) is 11.7 Å². The standard InChI is InChI=1S/C27H23Cl2N5O3/c1-17-9-19(16-37-2)23(11-30)27(36)34(17)15-26(35)32-31-12-20-14-33(25-6-4-3-5-22(20)25)13-18-7-8-21(28)10-24(18)29/h3-10,12,14H,13,15-16H2,1-2H3,(H,32,35)/b31-12+. The first-order valence-corrected chi connectivity index (χ1v) is 12.0. The average Bonchev–Trinajstić information content (AvgIpc) is 3.21. The fourth-order valence-corrected chi connectivity index (χ4v) is 4.58. The van der Waals surface area contributed by atoms with Gasteiger partial charge in [0.15, 0.2) is 0 Å². The van der Waals surface area contributed by atoms with E-state index < -0.39 is 11.5 Å². The highest BCUT2D eigenvalue weighted by Gasteiger charge is 2.15. The number of pyridine rings is 1. The number of carbonyl (C=O) groups excluding carboxylic acids is 1. The number of hydrazone groups is 1. The third-order valence-electron chi connectivity index (χ3n) is 5.87. The number of benzene rings is 2. The van der Waals surface area contributed by atoms with Gasteiger partial charge in [-0.05, 0) is 36.8 Å². The Morgan fingerprint density at radius 1 is 1.19 bits per heavy atom. The summed E-state index contributed by atoms with van der Waals surface area (Å²) in [7, 11) is 1.48. The first kappa shape index (κ1) is 26.2. The molecule has 0 spiro atoms. The Kier molecular flexibility index (Phi) is 8.09. The molecule has 0 aliphatic carbocycles. The topological polar surface area (TPSA) is 101 Å². The Morgan fingerprint density at radius 3 is 2.70 bits per heavy atom. The number of amides is 1. The van der Waals surface area contributed by atoms with E-state index in [-0.39, 0.29) is 18.7 Å². The van der Waals surface area contributed by atoms with E-state index in [0.717, 1.165) is 22.0 Å². The van der Waals surface area contributed by atoms with Crippen LogP contribution >= 0.6 is 23.2 Å². The number of nitrogens with one attached hydrogen (secondary N) is 1. The molecule has 0 saturated heterocycles. The van der Waals surface area contributed by atoms with Gasteiger partial charge in [0.2, 0.25) is 0 Å². The summed E-state index contributed by atoms with van der Waals surface area (Å²) in [5.74, 6) is -0.499. The van der Waals surface area contributed by atoms with Crippen molar-refractivity contribution in [3.05, 3.63) is 103 Å². The fraction of sp³-hybridized carbons (Fsp3) is 0.185. The van der Waals surface area contributed by atoms with Gasteiger partial charge in [-0.3, -0.25) is 9.59 Å². The molecule has 1 N–H and O–H groups in total. The van der Waals surface area contributed by atoms with Crippen molar-refractivity contribution in [3.63, 3.8) is 0 Å². The van der Waals surface area contributed by atoms with E-state index in [9.17, 15) is 14.9 Å². The van der Waals surface area contributed by atoms with Crippen molar-refractivity contribution in [2.45, 2.75) is 26.6 Å². The number of para-hydroxylation sites is 1. The van der Waals surface area contributed by atoms with Crippen LogP contribution in [0.1, 0.15) is 27.9 Å². The maximum atomic E-state index is 12.7. The number of carbonyl (C=O) groups is 1. The lowest BCUT2D eigenvalue weighted by Crippen LogP contribution is -2.33. The minimum Gasteiger partial charge on any atom is -0.380 e. The van der Waals surface area contributed by atoms with E-state index in [0.29, 0.717) is 27.8 Å². The molecule has 1 amide bonds. The second-order valence-electron chi connectivity index (χ2n) is 8.38. The predicted molar refractivity (Wildman–Crippen MR) is 144 cm³/mol. The van der Waals surface area contributed by atoms with Crippen molar-refractivity contribution in [2.75, 3.05) is 7.11 Å². The van der Waals surface area contributed by atoms with Crippen LogP contribution in [0.5, 0.6) is 0 Å². The van der Waals surface area contributed by atoms with Crippen molar-refractivity contribution in [3.8, 4) is 6.07 Å². The number of rotatable bonds is 8. The molecule has 188 valence electrons. The molecule has 37 heavy (non-hydrogen) atoms. The largest absolute Gasteiger partial charge is 0.380 e. The molecule has 2 aromatic carbocycles. The van der Waals surface area contributed by atoms with Gasteiger partial charge in [0.1, 0.15) is 18.2 Å². The molecule has 0 unspecified atom stereocenters. The van der Waals surface area contributed by atoms with E-state index >= 15 is 0 Å². The normalized spacial score (nSPS) is 11.2. The predicted octanol–water partition coefficient (Wildman–Crippen LogP) is 4.63. The van der Waals surface area contributed by atoms with E-state index in [1.807, 2.05) is 47.2 Å². The van der Waals surface area contributed by atoms with Gasteiger partial charge in [-0.25, -0.2) is 5.43 Å². The maximum absolute atomic E-state index is 12.7. The van der Waals surface area contributed by atoms with Gasteiger partial charge in [-0.2, -0.15) is 10.4 Å². The zero-order chi connectivity index (χ0) is 26.5. The molecular formula is C27H23Cl2N5O3. The number of hydrogen-bond acceptors (Lipinski definition) is 5. The number of halogens is 2. The fourth-order valence-electron chi connectivity index (χ4n) is 4.12. The van der Waals surface area contributed by atoms with Gasteiger partial charge >= 0.3 is 0 Å². The van der Waals surface area contributed by atoms with Crippen LogP contribution in [-0.2, 0) is 29.2 Å². The average molecular weight is 536 g/mol. The minimum atomic E-state index is -0.544. The highest BCUT2D eigenvalue weighted by molar-refractivity contribution is 6.35. The lowest BCUT2D eigenvalue weighted by molar-refractivity contribution is -0.121. The number of nitriles is 1. The number of aryl methyl sites for hydroxylation is 1. The van der Waals surface area contributed by atoms with Crippen LogP contribution in [0, 0.1) is 18.3 Å². The van der Waals surface area contributed by atoms with Gasteiger partial charge in [-0.15, -0.1) is 0 Å². The molecule has 4 aromatic rings. The summed E-state index contributed by atoms with van der Waals surface area (Å²) in [5.41, 5.74) is 5.59. The van der Waals surface area contributed by atoms with Crippen LogP contribution in [0.25, 0.3) is 10.9 Å². The minimum absolute atomic E-state index is 0.0441. The van der Waals surface area contributed by atoms with E-state index in [4.69, 9.17) is 27.9 Å². The highest BCUT2D eigenvalue weighted by Crippen LogP contribution is 2.25. The second-order valence-corrected chi connectivity index (χ2v) is 9.22. The number of hydrogen-bond donors (Lipinski definition) is 1. The summed E-state index contributed by atoms with van der Waals surface area (Å²) >= 11 is 12.4. The Hall–Kier alpha value is -3.90. The molecule has 0 radical (unpaired) electrons. The summed E-state index contributed by atoms with van der Waals surface area (Å²) in [6, 6.07) is 16.8. The van der Waals surface area contributed by atoms with Gasteiger partial charge in [0, 0.05) is 57.6 Å². The lowest BCUT2D eigenvalue weighted by atomic mass is 10.1. The molecule has 2 heterocycles. The monoisotopic (exact) mass is 535 g/mol. The third kappa shape index (κ3) is 5.75. The quantitative estimate of drug-likeness (QED) is 0.262. The highest BCUT2D eigenvalue weighted by atomic mass is 35.5. The van der Waals surface area contributed by atoms with E-state index in [1.54, 1.807) is 31.3 Å². The molecule has 4 rings (SSSR count). The number of aromatic nitrogens is 2. The van der Waals surface area contributed by atoms with Crippen molar-refractivity contribution >= 4 is 46.2 Å². The maximum Gasteiger partial charge on any atom is 0.269 e. The zero-order valence-corrected chi connectivity index (χ0v) is 21.7. The van der Waals surface area contributed by atoms with Crippen LogP contribution in [-0.4, -0.2) is 28.4 Å². The molecule has 0 bridgehead atoms. The van der Waals surface area contributed by atoms with Crippen LogP contribution in [0.2, 0.25) is 10.0 Å². The van der Waals surface area contributed by atoms with Crippen molar-refractivity contribution < 1.29 is 9.53 Å². The first-order valence-electron chi connectivity index (χ1n) is 11.3. The molecule has 2 aromatic heterocycles.